The van der Waals surface area contributed by atoms with Crippen LogP contribution in [-0.2, 0) is 4.74 Å². The van der Waals surface area contributed by atoms with E-state index in [1.807, 2.05) is 6.92 Å². The number of nitro benzene ring substituents is 2. The molecule has 9 nitrogen and oxygen atoms in total. The van der Waals surface area contributed by atoms with Gasteiger partial charge in [-0.1, -0.05) is 18.8 Å². The first kappa shape index (κ1) is 32.0. The summed E-state index contributed by atoms with van der Waals surface area (Å²) in [5.74, 6) is 6.19. The first-order valence-corrected chi connectivity index (χ1v) is 10.9. The Morgan fingerprint density at radius 3 is 2.03 bits per heavy atom. The number of nitrogens with zero attached hydrogens (tertiary/aromatic N) is 2. The lowest BCUT2D eigenvalue weighted by atomic mass is 10.2. The molecule has 0 aliphatic carbocycles. The zero-order valence-electron chi connectivity index (χ0n) is 19.9. The van der Waals surface area contributed by atoms with Crippen LogP contribution in [0.4, 0.5) is 25.0 Å². The molecule has 2 rings (SSSR count). The number of rotatable bonds is 3. The summed E-state index contributed by atoms with van der Waals surface area (Å²) in [6.45, 7) is 7.04. The Bertz CT molecular complexity index is 1180. The van der Waals surface area contributed by atoms with E-state index in [0.29, 0.717) is 0 Å². The van der Waals surface area contributed by atoms with Crippen molar-refractivity contribution in [2.45, 2.75) is 39.7 Å². The third kappa shape index (κ3) is 13.6. The number of nitro groups is 2. The molecule has 1 N–H and O–H groups in total. The molecule has 2 aromatic carbocycles. The van der Waals surface area contributed by atoms with Gasteiger partial charge in [0.05, 0.1) is 26.4 Å². The normalized spacial score (nSPS) is 9.50. The Kier molecular flexibility index (Phi) is 14.0. The maximum Gasteiger partial charge on any atom is 0.408 e. The summed E-state index contributed by atoms with van der Waals surface area (Å²) < 4.78 is 31.0. The van der Waals surface area contributed by atoms with Crippen LogP contribution in [0.15, 0.2) is 40.9 Å². The van der Waals surface area contributed by atoms with Gasteiger partial charge in [0, 0.05) is 30.7 Å². The van der Waals surface area contributed by atoms with Crippen LogP contribution in [0.3, 0.4) is 0 Å². The third-order valence-corrected chi connectivity index (χ3v) is 4.03. The molecular weight excluding hydrogens is 544 g/mol. The summed E-state index contributed by atoms with van der Waals surface area (Å²) >= 11 is 2.83. The van der Waals surface area contributed by atoms with Crippen molar-refractivity contribution in [3.63, 3.8) is 0 Å². The molecule has 36 heavy (non-hydrogen) atoms. The minimum atomic E-state index is -0.662. The van der Waals surface area contributed by atoms with E-state index in [2.05, 4.69) is 39.0 Å². The lowest BCUT2D eigenvalue weighted by Gasteiger charge is -2.18. The summed E-state index contributed by atoms with van der Waals surface area (Å²) in [5.41, 5.74) is -1.10. The van der Waals surface area contributed by atoms with Crippen LogP contribution in [-0.4, -0.2) is 28.1 Å². The fourth-order valence-electron chi connectivity index (χ4n) is 1.89. The van der Waals surface area contributed by atoms with Crippen molar-refractivity contribution in [3.8, 4) is 24.2 Å². The number of nitrogens with one attached hydrogen (secondary N) is 1. The SMILES string of the molecule is C#CCC.CC(C)(C)OC(=O)NCC#Cc1cc([N+](=O)[O-])ccc1F.O=[N+]([O-])c1ccc(F)c(Br)c1. The highest BCUT2D eigenvalue weighted by molar-refractivity contribution is 9.10. The fraction of sp³-hybridized carbons (Fsp3) is 0.292. The van der Waals surface area contributed by atoms with Crippen LogP contribution in [0.5, 0.6) is 0 Å². The number of hydrogen-bond donors (Lipinski definition) is 1. The number of non-ortho nitro benzene ring substituents is 2. The number of alkyl carbamates (subject to hydrolysis) is 1. The van der Waals surface area contributed by atoms with E-state index in [9.17, 15) is 33.8 Å². The van der Waals surface area contributed by atoms with E-state index >= 15 is 0 Å². The van der Waals surface area contributed by atoms with Gasteiger partial charge in [0.25, 0.3) is 11.4 Å². The molecule has 0 spiro atoms. The number of benzene rings is 2. The summed E-state index contributed by atoms with van der Waals surface area (Å²) in [5, 5.41) is 23.1. The number of terminal acetylenes is 1. The first-order chi connectivity index (χ1) is 16.7. The van der Waals surface area contributed by atoms with Gasteiger partial charge in [0.2, 0.25) is 0 Å². The molecule has 0 fully saturated rings. The fourth-order valence-corrected chi connectivity index (χ4v) is 2.26. The summed E-state index contributed by atoms with van der Waals surface area (Å²) in [6, 6.07) is 6.34. The number of carbonyl (C=O) groups excluding carboxylic acids is 1. The van der Waals surface area contributed by atoms with Crippen molar-refractivity contribution in [1.82, 2.24) is 5.32 Å². The highest BCUT2D eigenvalue weighted by Gasteiger charge is 2.15. The monoisotopic (exact) mass is 567 g/mol. The Morgan fingerprint density at radius 2 is 1.58 bits per heavy atom. The predicted octanol–water partition coefficient (Wildman–Crippen LogP) is 6.14. The largest absolute Gasteiger partial charge is 0.444 e. The Balaban J connectivity index is 0.000000677. The first-order valence-electron chi connectivity index (χ1n) is 10.1. The van der Waals surface area contributed by atoms with Gasteiger partial charge < -0.3 is 10.1 Å². The summed E-state index contributed by atoms with van der Waals surface area (Å²) in [7, 11) is 0. The highest BCUT2D eigenvalue weighted by Crippen LogP contribution is 2.21. The highest BCUT2D eigenvalue weighted by atomic mass is 79.9. The number of amides is 1. The Labute approximate surface area is 215 Å². The second-order valence-electron chi connectivity index (χ2n) is 7.49. The van der Waals surface area contributed by atoms with E-state index in [1.54, 1.807) is 20.8 Å². The van der Waals surface area contributed by atoms with E-state index in [1.165, 1.54) is 0 Å². The van der Waals surface area contributed by atoms with E-state index in [-0.39, 0.29) is 28.0 Å². The molecule has 192 valence electrons. The molecule has 0 saturated carbocycles. The van der Waals surface area contributed by atoms with Crippen LogP contribution in [0, 0.1) is 56.0 Å². The maximum atomic E-state index is 13.4. The zero-order valence-corrected chi connectivity index (χ0v) is 21.5. The van der Waals surface area contributed by atoms with Crippen molar-refractivity contribution >= 4 is 33.4 Å². The smallest absolute Gasteiger partial charge is 0.408 e. The lowest BCUT2D eigenvalue weighted by Crippen LogP contribution is -2.32. The molecular formula is C24H24BrF2N3O6. The number of carbonyl (C=O) groups is 1. The average molecular weight is 568 g/mol. The van der Waals surface area contributed by atoms with Crippen molar-refractivity contribution < 1.29 is 28.2 Å². The van der Waals surface area contributed by atoms with Crippen LogP contribution < -0.4 is 5.32 Å². The predicted molar refractivity (Wildman–Crippen MR) is 134 cm³/mol. The molecule has 0 radical (unpaired) electrons. The van der Waals surface area contributed by atoms with Crippen LogP contribution in [0.1, 0.15) is 39.7 Å². The second-order valence-corrected chi connectivity index (χ2v) is 8.35. The lowest BCUT2D eigenvalue weighted by molar-refractivity contribution is -0.385. The van der Waals surface area contributed by atoms with Crippen molar-refractivity contribution in [2.24, 2.45) is 0 Å². The minimum absolute atomic E-state index is 0.0585. The summed E-state index contributed by atoms with van der Waals surface area (Å²) in [4.78, 5) is 30.8. The molecule has 0 aromatic heterocycles. The van der Waals surface area contributed by atoms with E-state index in [4.69, 9.17) is 11.2 Å². The molecule has 12 heteroatoms. The molecule has 0 heterocycles. The number of ether oxygens (including phenoxy) is 1. The Morgan fingerprint density at radius 1 is 1.08 bits per heavy atom. The molecule has 2 aromatic rings. The van der Waals surface area contributed by atoms with Gasteiger partial charge in [-0.15, -0.1) is 12.3 Å². The van der Waals surface area contributed by atoms with Crippen molar-refractivity contribution in [3.05, 3.63) is 78.3 Å². The van der Waals surface area contributed by atoms with Gasteiger partial charge in [-0.2, -0.15) is 0 Å². The van der Waals surface area contributed by atoms with Gasteiger partial charge in [-0.25, -0.2) is 13.6 Å². The van der Waals surface area contributed by atoms with Gasteiger partial charge >= 0.3 is 6.09 Å². The number of hydrogen-bond acceptors (Lipinski definition) is 6. The van der Waals surface area contributed by atoms with Crippen molar-refractivity contribution in [2.75, 3.05) is 6.54 Å². The van der Waals surface area contributed by atoms with Crippen LogP contribution >= 0.6 is 15.9 Å². The van der Waals surface area contributed by atoms with Gasteiger partial charge in [0.1, 0.15) is 17.2 Å². The standard InChI is InChI=1S/C14H15FN2O4.C6H3BrFNO2.C4H6/c1-14(2,3)21-13(18)16-8-4-5-10-9-11(17(19)20)6-7-12(10)15;7-5-3-4(9(10)11)1-2-6(5)8;1-3-4-2/h6-7,9H,8H2,1-3H3,(H,16,18);1-3H;1H,4H2,2H3. The summed E-state index contributed by atoms with van der Waals surface area (Å²) in [6.07, 6.45) is 4.98. The topological polar surface area (TPSA) is 125 Å². The molecule has 0 bridgehead atoms. The molecule has 0 saturated heterocycles. The quantitative estimate of drug-likeness (QED) is 0.270. The maximum absolute atomic E-state index is 13.4. The molecule has 1 amide bonds. The molecule has 0 aliphatic rings. The second kappa shape index (κ2) is 15.8. The van der Waals surface area contributed by atoms with Gasteiger partial charge in [-0.05, 0) is 48.8 Å². The molecule has 0 unspecified atom stereocenters. The van der Waals surface area contributed by atoms with Gasteiger partial charge in [-0.3, -0.25) is 20.2 Å². The van der Waals surface area contributed by atoms with Crippen molar-refractivity contribution in [1.29, 1.82) is 0 Å². The van der Waals surface area contributed by atoms with E-state index < -0.39 is 33.2 Å². The van der Waals surface area contributed by atoms with Crippen LogP contribution in [0.2, 0.25) is 0 Å². The molecule has 0 atom stereocenters. The average Bonchev–Trinajstić information content (AvgIpc) is 2.78. The van der Waals surface area contributed by atoms with Gasteiger partial charge in [0.15, 0.2) is 0 Å². The number of halogens is 3. The third-order valence-electron chi connectivity index (χ3n) is 3.42. The minimum Gasteiger partial charge on any atom is -0.444 e. The van der Waals surface area contributed by atoms with E-state index in [0.717, 1.165) is 42.8 Å². The molecule has 0 aliphatic heterocycles. The zero-order chi connectivity index (χ0) is 27.9. The van der Waals surface area contributed by atoms with Crippen LogP contribution in [0.25, 0.3) is 0 Å². The Hall–Kier alpha value is -4.03.